The number of anilines is 1. The number of methoxy groups -OCH3 is 1. The summed E-state index contributed by atoms with van der Waals surface area (Å²) in [7, 11) is 3.44. The van der Waals surface area contributed by atoms with E-state index in [0.29, 0.717) is 0 Å². The van der Waals surface area contributed by atoms with Gasteiger partial charge >= 0.3 is 0 Å². The zero-order valence-electron chi connectivity index (χ0n) is 11.0. The third-order valence-corrected chi connectivity index (χ3v) is 3.38. The summed E-state index contributed by atoms with van der Waals surface area (Å²) in [6.45, 7) is 0.933. The number of rotatable bonds is 3. The number of nitrogens with zero attached hydrogens (tertiary/aromatic N) is 1. The number of piperidine rings is 1. The molecule has 2 rings (SSSR count). The van der Waals surface area contributed by atoms with Gasteiger partial charge in [-0.1, -0.05) is 12.5 Å². The first-order chi connectivity index (χ1) is 8.72. The van der Waals surface area contributed by atoms with Gasteiger partial charge in [0.2, 0.25) is 5.91 Å². The summed E-state index contributed by atoms with van der Waals surface area (Å²) in [5.41, 5.74) is 0.867. The van der Waals surface area contributed by atoms with E-state index in [-0.39, 0.29) is 11.9 Å². The number of ether oxygens (including phenoxy) is 1. The Balaban J connectivity index is 2.09. The van der Waals surface area contributed by atoms with Crippen molar-refractivity contribution < 1.29 is 9.53 Å². The van der Waals surface area contributed by atoms with Gasteiger partial charge in [-0.05, 0) is 31.5 Å². The van der Waals surface area contributed by atoms with Gasteiger partial charge in [0.05, 0.1) is 13.2 Å². The fourth-order valence-electron chi connectivity index (χ4n) is 2.24. The minimum Gasteiger partial charge on any atom is -0.497 e. The van der Waals surface area contributed by atoms with E-state index in [2.05, 4.69) is 5.32 Å². The molecule has 1 aliphatic heterocycles. The zero-order chi connectivity index (χ0) is 13.0. The molecule has 0 aromatic heterocycles. The second-order valence-corrected chi connectivity index (χ2v) is 4.60. The summed E-state index contributed by atoms with van der Waals surface area (Å²) in [5, 5.41) is 3.28. The number of benzene rings is 1. The van der Waals surface area contributed by atoms with Crippen LogP contribution < -0.4 is 15.0 Å². The topological polar surface area (TPSA) is 41.6 Å². The highest BCUT2D eigenvalue weighted by Crippen LogP contribution is 2.21. The van der Waals surface area contributed by atoms with Gasteiger partial charge in [0.1, 0.15) is 5.75 Å². The molecule has 0 spiro atoms. The fraction of sp³-hybridized carbons (Fsp3) is 0.500. The maximum Gasteiger partial charge on any atom is 0.243 e. The monoisotopic (exact) mass is 248 g/mol. The highest BCUT2D eigenvalue weighted by molar-refractivity contribution is 5.96. The molecular formula is C14H20N2O2. The van der Waals surface area contributed by atoms with Crippen LogP contribution in [0, 0.1) is 0 Å². The Morgan fingerprint density at radius 1 is 1.44 bits per heavy atom. The first-order valence-electron chi connectivity index (χ1n) is 6.37. The van der Waals surface area contributed by atoms with Crippen molar-refractivity contribution >= 4 is 11.6 Å². The highest BCUT2D eigenvalue weighted by atomic mass is 16.5. The molecule has 0 aliphatic carbocycles. The highest BCUT2D eigenvalue weighted by Gasteiger charge is 2.24. The minimum atomic E-state index is -0.0463. The van der Waals surface area contributed by atoms with Crippen molar-refractivity contribution in [3.05, 3.63) is 24.3 Å². The SMILES string of the molecule is COc1cccc(N(C)C(=O)C2CCCCN2)c1. The lowest BCUT2D eigenvalue weighted by atomic mass is 10.0. The fourth-order valence-corrected chi connectivity index (χ4v) is 2.24. The first kappa shape index (κ1) is 12.9. The predicted octanol–water partition coefficient (Wildman–Crippen LogP) is 1.80. The van der Waals surface area contributed by atoms with Gasteiger partial charge in [-0.15, -0.1) is 0 Å². The third-order valence-electron chi connectivity index (χ3n) is 3.38. The number of carbonyl (C=O) groups is 1. The van der Waals surface area contributed by atoms with Crippen molar-refractivity contribution in [1.82, 2.24) is 5.32 Å². The second-order valence-electron chi connectivity index (χ2n) is 4.60. The molecule has 1 fully saturated rings. The number of carbonyl (C=O) groups excluding carboxylic acids is 1. The zero-order valence-corrected chi connectivity index (χ0v) is 11.0. The molecular weight excluding hydrogens is 228 g/mol. The first-order valence-corrected chi connectivity index (χ1v) is 6.37. The van der Waals surface area contributed by atoms with Crippen molar-refractivity contribution in [2.45, 2.75) is 25.3 Å². The van der Waals surface area contributed by atoms with Gasteiger partial charge in [-0.2, -0.15) is 0 Å². The summed E-state index contributed by atoms with van der Waals surface area (Å²) in [6.07, 6.45) is 3.20. The maximum absolute atomic E-state index is 12.3. The van der Waals surface area contributed by atoms with Crippen LogP contribution in [0.15, 0.2) is 24.3 Å². The summed E-state index contributed by atoms with van der Waals surface area (Å²) in [5.74, 6) is 0.895. The average Bonchev–Trinajstić information content (AvgIpc) is 2.46. The van der Waals surface area contributed by atoms with Crippen molar-refractivity contribution in [1.29, 1.82) is 0 Å². The largest absolute Gasteiger partial charge is 0.497 e. The van der Waals surface area contributed by atoms with E-state index in [9.17, 15) is 4.79 Å². The molecule has 1 N–H and O–H groups in total. The van der Waals surface area contributed by atoms with Gasteiger partial charge in [-0.25, -0.2) is 0 Å². The Morgan fingerprint density at radius 3 is 2.94 bits per heavy atom. The smallest absolute Gasteiger partial charge is 0.243 e. The van der Waals surface area contributed by atoms with Crippen LogP contribution in [0.3, 0.4) is 0 Å². The third kappa shape index (κ3) is 2.82. The van der Waals surface area contributed by atoms with Crippen LogP contribution >= 0.6 is 0 Å². The molecule has 1 atom stereocenters. The Bertz CT molecular complexity index is 414. The molecule has 18 heavy (non-hydrogen) atoms. The van der Waals surface area contributed by atoms with Gasteiger partial charge in [0, 0.05) is 18.8 Å². The van der Waals surface area contributed by atoms with Crippen molar-refractivity contribution in [2.24, 2.45) is 0 Å². The van der Waals surface area contributed by atoms with E-state index < -0.39 is 0 Å². The molecule has 0 bridgehead atoms. The summed E-state index contributed by atoms with van der Waals surface area (Å²) >= 11 is 0. The molecule has 4 nitrogen and oxygen atoms in total. The van der Waals surface area contributed by atoms with Crippen LogP contribution in [0.5, 0.6) is 5.75 Å². The second kappa shape index (κ2) is 5.87. The molecule has 0 radical (unpaired) electrons. The number of likely N-dealkylation sites (N-methyl/N-ethyl adjacent to an activating group) is 1. The van der Waals surface area contributed by atoms with E-state index in [1.165, 1.54) is 0 Å². The number of hydrogen-bond acceptors (Lipinski definition) is 3. The number of amides is 1. The lowest BCUT2D eigenvalue weighted by molar-refractivity contribution is -0.120. The Kier molecular flexibility index (Phi) is 4.20. The Morgan fingerprint density at radius 2 is 2.28 bits per heavy atom. The average molecular weight is 248 g/mol. The molecule has 4 heteroatoms. The van der Waals surface area contributed by atoms with Crippen LogP contribution in [0.25, 0.3) is 0 Å². The predicted molar refractivity (Wildman–Crippen MR) is 72.0 cm³/mol. The Hall–Kier alpha value is -1.55. The Labute approximate surface area is 108 Å². The van der Waals surface area contributed by atoms with Crippen molar-refractivity contribution in [3.63, 3.8) is 0 Å². The van der Waals surface area contributed by atoms with E-state index >= 15 is 0 Å². The quantitative estimate of drug-likeness (QED) is 0.887. The standard InChI is InChI=1S/C14H20N2O2/c1-16(11-6-5-7-12(10-11)18-2)14(17)13-8-3-4-9-15-13/h5-7,10,13,15H,3-4,8-9H2,1-2H3. The summed E-state index contributed by atoms with van der Waals surface area (Å²) < 4.78 is 5.18. The number of hydrogen-bond donors (Lipinski definition) is 1. The lowest BCUT2D eigenvalue weighted by Crippen LogP contribution is -2.47. The molecule has 1 unspecified atom stereocenters. The maximum atomic E-state index is 12.3. The molecule has 1 aromatic rings. The van der Waals surface area contributed by atoms with Gasteiger partial charge in [0.15, 0.2) is 0 Å². The van der Waals surface area contributed by atoms with Gasteiger partial charge < -0.3 is 15.0 Å². The van der Waals surface area contributed by atoms with E-state index in [1.54, 1.807) is 12.0 Å². The van der Waals surface area contributed by atoms with Gasteiger partial charge in [-0.3, -0.25) is 4.79 Å². The van der Waals surface area contributed by atoms with Crippen LogP contribution in [0.1, 0.15) is 19.3 Å². The van der Waals surface area contributed by atoms with E-state index in [1.807, 2.05) is 31.3 Å². The van der Waals surface area contributed by atoms with Crippen molar-refractivity contribution in [3.8, 4) is 5.75 Å². The molecule has 1 aromatic carbocycles. The molecule has 1 saturated heterocycles. The molecule has 1 aliphatic rings. The van der Waals surface area contributed by atoms with Gasteiger partial charge in [0.25, 0.3) is 0 Å². The van der Waals surface area contributed by atoms with Crippen LogP contribution in [0.2, 0.25) is 0 Å². The minimum absolute atomic E-state index is 0.0463. The molecule has 1 heterocycles. The van der Waals surface area contributed by atoms with Crippen LogP contribution in [-0.2, 0) is 4.79 Å². The summed E-state index contributed by atoms with van der Waals surface area (Å²) in [4.78, 5) is 14.0. The van der Waals surface area contributed by atoms with Crippen LogP contribution in [-0.4, -0.2) is 32.7 Å². The molecule has 98 valence electrons. The number of nitrogens with one attached hydrogen (secondary N) is 1. The normalized spacial score (nSPS) is 19.3. The van der Waals surface area contributed by atoms with Crippen LogP contribution in [0.4, 0.5) is 5.69 Å². The van der Waals surface area contributed by atoms with E-state index in [0.717, 1.165) is 37.2 Å². The van der Waals surface area contributed by atoms with Crippen molar-refractivity contribution in [2.75, 3.05) is 25.6 Å². The molecule has 0 saturated carbocycles. The lowest BCUT2D eigenvalue weighted by Gasteiger charge is -2.27. The van der Waals surface area contributed by atoms with E-state index in [4.69, 9.17) is 4.74 Å². The molecule has 1 amide bonds. The summed E-state index contributed by atoms with van der Waals surface area (Å²) in [6, 6.07) is 7.52.